The maximum Gasteiger partial charge on any atom is 0.243 e. The fraction of sp³-hybridized carbons (Fsp3) is 0.368. The second-order valence-corrected chi connectivity index (χ2v) is 8.04. The van der Waals surface area contributed by atoms with E-state index in [0.29, 0.717) is 18.7 Å². The fourth-order valence-electron chi connectivity index (χ4n) is 3.34. The number of aryl methyl sites for hydroxylation is 1. The SMILES string of the molecule is CCOc1ccc(C2CCCN2S(=O)(=O)c2ccc(F)cc2C)cc1. The van der Waals surface area contributed by atoms with E-state index < -0.39 is 15.8 Å². The van der Waals surface area contributed by atoms with Gasteiger partial charge in [-0.15, -0.1) is 0 Å². The quantitative estimate of drug-likeness (QED) is 0.805. The van der Waals surface area contributed by atoms with E-state index in [9.17, 15) is 12.8 Å². The van der Waals surface area contributed by atoms with E-state index in [2.05, 4.69) is 0 Å². The number of halogens is 1. The Balaban J connectivity index is 1.92. The summed E-state index contributed by atoms with van der Waals surface area (Å²) in [5.74, 6) is 0.342. The van der Waals surface area contributed by atoms with Gasteiger partial charge in [0.25, 0.3) is 0 Å². The molecule has 1 aliphatic rings. The molecule has 0 amide bonds. The summed E-state index contributed by atoms with van der Waals surface area (Å²) >= 11 is 0. The van der Waals surface area contributed by atoms with E-state index in [1.807, 2.05) is 31.2 Å². The van der Waals surface area contributed by atoms with Gasteiger partial charge in [-0.1, -0.05) is 12.1 Å². The Hall–Kier alpha value is -1.92. The third kappa shape index (κ3) is 3.55. The molecule has 134 valence electrons. The number of nitrogens with zero attached hydrogens (tertiary/aromatic N) is 1. The average molecular weight is 363 g/mol. The molecule has 25 heavy (non-hydrogen) atoms. The Morgan fingerprint density at radius 1 is 1.20 bits per heavy atom. The van der Waals surface area contributed by atoms with Crippen LogP contribution in [-0.2, 0) is 10.0 Å². The minimum atomic E-state index is -3.67. The zero-order valence-electron chi connectivity index (χ0n) is 14.4. The van der Waals surface area contributed by atoms with E-state index in [1.165, 1.54) is 22.5 Å². The molecule has 0 bridgehead atoms. The summed E-state index contributed by atoms with van der Waals surface area (Å²) in [5, 5.41) is 0. The molecule has 1 fully saturated rings. The van der Waals surface area contributed by atoms with Gasteiger partial charge < -0.3 is 4.74 Å². The summed E-state index contributed by atoms with van der Waals surface area (Å²) in [6.45, 7) is 4.60. The first-order valence-electron chi connectivity index (χ1n) is 8.44. The summed E-state index contributed by atoms with van der Waals surface area (Å²) in [5.41, 5.74) is 1.38. The maximum atomic E-state index is 13.3. The predicted octanol–water partition coefficient (Wildman–Crippen LogP) is 4.06. The van der Waals surface area contributed by atoms with Gasteiger partial charge in [-0.05, 0) is 68.1 Å². The van der Waals surface area contributed by atoms with E-state index in [-0.39, 0.29) is 10.9 Å². The Morgan fingerprint density at radius 2 is 1.92 bits per heavy atom. The zero-order valence-corrected chi connectivity index (χ0v) is 15.2. The monoisotopic (exact) mass is 363 g/mol. The predicted molar refractivity (Wildman–Crippen MR) is 94.6 cm³/mol. The molecule has 0 aromatic heterocycles. The van der Waals surface area contributed by atoms with Gasteiger partial charge in [-0.3, -0.25) is 0 Å². The van der Waals surface area contributed by atoms with Crippen molar-refractivity contribution in [3.8, 4) is 5.75 Å². The summed E-state index contributed by atoms with van der Waals surface area (Å²) in [6.07, 6.45) is 1.57. The summed E-state index contributed by atoms with van der Waals surface area (Å²) in [4.78, 5) is 0.173. The van der Waals surface area contributed by atoms with Crippen molar-refractivity contribution in [2.24, 2.45) is 0 Å². The molecule has 2 aromatic carbocycles. The minimum absolute atomic E-state index is 0.173. The summed E-state index contributed by atoms with van der Waals surface area (Å²) < 4.78 is 46.5. The lowest BCUT2D eigenvalue weighted by atomic mass is 10.1. The third-order valence-electron chi connectivity index (χ3n) is 4.50. The van der Waals surface area contributed by atoms with Gasteiger partial charge in [0.05, 0.1) is 17.5 Å². The molecule has 0 spiro atoms. The Labute approximate surface area is 148 Å². The molecular formula is C19H22FNO3S. The smallest absolute Gasteiger partial charge is 0.243 e. The van der Waals surface area contributed by atoms with Crippen LogP contribution in [0.5, 0.6) is 5.75 Å². The number of rotatable bonds is 5. The molecule has 0 radical (unpaired) electrons. The highest BCUT2D eigenvalue weighted by Crippen LogP contribution is 2.37. The summed E-state index contributed by atoms with van der Waals surface area (Å²) in [6, 6.07) is 11.2. The molecule has 3 rings (SSSR count). The van der Waals surface area contributed by atoms with Crippen molar-refractivity contribution >= 4 is 10.0 Å². The lowest BCUT2D eigenvalue weighted by Crippen LogP contribution is -2.31. The summed E-state index contributed by atoms with van der Waals surface area (Å²) in [7, 11) is -3.67. The van der Waals surface area contributed by atoms with E-state index in [4.69, 9.17) is 4.74 Å². The molecule has 1 saturated heterocycles. The number of hydrogen-bond acceptors (Lipinski definition) is 3. The van der Waals surface area contributed by atoms with Crippen molar-refractivity contribution in [1.82, 2.24) is 4.31 Å². The van der Waals surface area contributed by atoms with E-state index in [1.54, 1.807) is 6.92 Å². The van der Waals surface area contributed by atoms with Gasteiger partial charge in [-0.2, -0.15) is 4.31 Å². The standard InChI is InChI=1S/C19H22FNO3S/c1-3-24-17-9-6-15(7-10-17)18-5-4-12-21(18)25(22,23)19-11-8-16(20)13-14(19)2/h6-11,13,18H,3-5,12H2,1-2H3. The van der Waals surface area contributed by atoms with Gasteiger partial charge in [0, 0.05) is 6.54 Å². The molecule has 6 heteroatoms. The van der Waals surface area contributed by atoms with Crippen LogP contribution >= 0.6 is 0 Å². The molecule has 2 aromatic rings. The van der Waals surface area contributed by atoms with Crippen LogP contribution in [0.2, 0.25) is 0 Å². The highest BCUT2D eigenvalue weighted by atomic mass is 32.2. The first-order chi connectivity index (χ1) is 11.9. The van der Waals surface area contributed by atoms with Crippen LogP contribution in [0.15, 0.2) is 47.4 Å². The largest absolute Gasteiger partial charge is 0.494 e. The number of ether oxygens (including phenoxy) is 1. The van der Waals surface area contributed by atoms with Crippen LogP contribution in [0.4, 0.5) is 4.39 Å². The molecule has 1 unspecified atom stereocenters. The second-order valence-electron chi connectivity index (χ2n) is 6.19. The number of sulfonamides is 1. The van der Waals surface area contributed by atoms with Crippen LogP contribution < -0.4 is 4.74 Å². The van der Waals surface area contributed by atoms with Crippen LogP contribution in [0.25, 0.3) is 0 Å². The van der Waals surface area contributed by atoms with Crippen LogP contribution in [0, 0.1) is 12.7 Å². The van der Waals surface area contributed by atoms with Crippen molar-refractivity contribution < 1.29 is 17.5 Å². The van der Waals surface area contributed by atoms with Gasteiger partial charge in [0.15, 0.2) is 0 Å². The van der Waals surface area contributed by atoms with Crippen molar-refractivity contribution in [1.29, 1.82) is 0 Å². The van der Waals surface area contributed by atoms with Crippen molar-refractivity contribution in [3.63, 3.8) is 0 Å². The zero-order chi connectivity index (χ0) is 18.0. The Kier molecular flexibility index (Phi) is 5.11. The molecular weight excluding hydrogens is 341 g/mol. The molecule has 1 aliphatic heterocycles. The van der Waals surface area contributed by atoms with Gasteiger partial charge in [-0.25, -0.2) is 12.8 Å². The molecule has 1 heterocycles. The van der Waals surface area contributed by atoms with Gasteiger partial charge in [0.1, 0.15) is 11.6 Å². The maximum absolute atomic E-state index is 13.3. The first-order valence-corrected chi connectivity index (χ1v) is 9.88. The third-order valence-corrected chi connectivity index (χ3v) is 6.57. The Bertz CT molecular complexity index is 849. The Morgan fingerprint density at radius 3 is 2.56 bits per heavy atom. The molecule has 0 N–H and O–H groups in total. The molecule has 1 atom stereocenters. The minimum Gasteiger partial charge on any atom is -0.494 e. The average Bonchev–Trinajstić information content (AvgIpc) is 3.06. The van der Waals surface area contributed by atoms with Crippen molar-refractivity contribution in [3.05, 3.63) is 59.4 Å². The van der Waals surface area contributed by atoms with Crippen LogP contribution in [0.3, 0.4) is 0 Å². The fourth-order valence-corrected chi connectivity index (χ4v) is 5.23. The van der Waals surface area contributed by atoms with Crippen molar-refractivity contribution in [2.75, 3.05) is 13.2 Å². The lowest BCUT2D eigenvalue weighted by Gasteiger charge is -2.25. The normalized spacial score (nSPS) is 18.4. The van der Waals surface area contributed by atoms with Gasteiger partial charge in [0.2, 0.25) is 10.0 Å². The number of hydrogen-bond donors (Lipinski definition) is 0. The molecule has 4 nitrogen and oxygen atoms in total. The highest BCUT2D eigenvalue weighted by molar-refractivity contribution is 7.89. The highest BCUT2D eigenvalue weighted by Gasteiger charge is 2.36. The molecule has 0 aliphatic carbocycles. The van der Waals surface area contributed by atoms with E-state index >= 15 is 0 Å². The second kappa shape index (κ2) is 7.14. The lowest BCUT2D eigenvalue weighted by molar-refractivity contribution is 0.339. The van der Waals surface area contributed by atoms with Crippen LogP contribution in [-0.4, -0.2) is 25.9 Å². The van der Waals surface area contributed by atoms with Crippen LogP contribution in [0.1, 0.15) is 36.9 Å². The van der Waals surface area contributed by atoms with Gasteiger partial charge >= 0.3 is 0 Å². The topological polar surface area (TPSA) is 46.6 Å². The van der Waals surface area contributed by atoms with E-state index in [0.717, 1.165) is 24.2 Å². The van der Waals surface area contributed by atoms with Crippen molar-refractivity contribution in [2.45, 2.75) is 37.6 Å². The molecule has 0 saturated carbocycles. The number of benzene rings is 2. The first kappa shape index (κ1) is 17.9.